The van der Waals surface area contributed by atoms with E-state index in [9.17, 15) is 0 Å². The van der Waals surface area contributed by atoms with Gasteiger partial charge in [-0.2, -0.15) is 4.98 Å². The molecule has 1 saturated carbocycles. The second-order valence-electron chi connectivity index (χ2n) is 5.66. The van der Waals surface area contributed by atoms with Crippen LogP contribution in [0.3, 0.4) is 0 Å². The lowest BCUT2D eigenvalue weighted by molar-refractivity contribution is 0.312. The van der Waals surface area contributed by atoms with Crippen molar-refractivity contribution in [1.29, 1.82) is 0 Å². The summed E-state index contributed by atoms with van der Waals surface area (Å²) in [6.45, 7) is 2.32. The Bertz CT molecular complexity index is 578. The summed E-state index contributed by atoms with van der Waals surface area (Å²) in [5, 5.41) is 0. The largest absolute Gasteiger partial charge is 0.423 e. The molecule has 0 bridgehead atoms. The van der Waals surface area contributed by atoms with Crippen molar-refractivity contribution in [3.8, 4) is 0 Å². The molecule has 1 aromatic carbocycles. The maximum Gasteiger partial charge on any atom is 0.298 e. The molecule has 4 heteroatoms. The monoisotopic (exact) mass is 259 g/mol. The van der Waals surface area contributed by atoms with Gasteiger partial charge in [-0.15, -0.1) is 0 Å². The van der Waals surface area contributed by atoms with Crippen molar-refractivity contribution in [1.82, 2.24) is 4.98 Å². The standard InChI is InChI=1S/C15H21N3O/c1-10-5-3-4-6-13(10)18(2)15-17-12-9-11(16)7-8-14(12)19-15/h7-10,13H,3-6,16H2,1-2H3. The molecule has 1 aliphatic carbocycles. The normalized spacial score (nSPS) is 23.7. The molecule has 1 aliphatic rings. The van der Waals surface area contributed by atoms with Gasteiger partial charge in [-0.1, -0.05) is 19.8 Å². The Kier molecular flexibility index (Phi) is 3.09. The Morgan fingerprint density at radius 3 is 2.89 bits per heavy atom. The van der Waals surface area contributed by atoms with Crippen LogP contribution in [0.25, 0.3) is 11.1 Å². The summed E-state index contributed by atoms with van der Waals surface area (Å²) in [4.78, 5) is 6.76. The van der Waals surface area contributed by atoms with Gasteiger partial charge >= 0.3 is 0 Å². The molecule has 1 aromatic heterocycles. The highest BCUT2D eigenvalue weighted by molar-refractivity contribution is 5.78. The number of aromatic nitrogens is 1. The SMILES string of the molecule is CC1CCCCC1N(C)c1nc2cc(N)ccc2o1. The maximum absolute atomic E-state index is 5.85. The van der Waals surface area contributed by atoms with Crippen LogP contribution < -0.4 is 10.6 Å². The highest BCUT2D eigenvalue weighted by atomic mass is 16.4. The van der Waals surface area contributed by atoms with Crippen molar-refractivity contribution in [3.05, 3.63) is 18.2 Å². The Hall–Kier alpha value is -1.71. The molecule has 2 aromatic rings. The van der Waals surface area contributed by atoms with E-state index >= 15 is 0 Å². The molecule has 2 unspecified atom stereocenters. The number of anilines is 2. The molecule has 0 saturated heterocycles. The smallest absolute Gasteiger partial charge is 0.298 e. The van der Waals surface area contributed by atoms with Gasteiger partial charge in [0.25, 0.3) is 6.01 Å². The third-order valence-corrected chi connectivity index (χ3v) is 4.27. The number of rotatable bonds is 2. The van der Waals surface area contributed by atoms with Gasteiger partial charge in [0.2, 0.25) is 0 Å². The fourth-order valence-corrected chi connectivity index (χ4v) is 3.10. The Labute approximate surface area is 113 Å². The van der Waals surface area contributed by atoms with Gasteiger partial charge in [0.15, 0.2) is 5.58 Å². The summed E-state index contributed by atoms with van der Waals surface area (Å²) in [5.74, 6) is 0.693. The van der Waals surface area contributed by atoms with Gasteiger partial charge in [0.1, 0.15) is 5.52 Å². The average molecular weight is 259 g/mol. The zero-order valence-electron chi connectivity index (χ0n) is 11.6. The van der Waals surface area contributed by atoms with Gasteiger partial charge in [0, 0.05) is 18.8 Å². The molecule has 3 rings (SSSR count). The van der Waals surface area contributed by atoms with Crippen molar-refractivity contribution < 1.29 is 4.42 Å². The molecule has 1 fully saturated rings. The van der Waals surface area contributed by atoms with Crippen molar-refractivity contribution >= 4 is 22.8 Å². The highest BCUT2D eigenvalue weighted by Gasteiger charge is 2.27. The lowest BCUT2D eigenvalue weighted by Crippen LogP contribution is -2.39. The fraction of sp³-hybridized carbons (Fsp3) is 0.533. The third-order valence-electron chi connectivity index (χ3n) is 4.27. The first-order valence-corrected chi connectivity index (χ1v) is 7.04. The number of benzene rings is 1. The molecule has 0 radical (unpaired) electrons. The van der Waals surface area contributed by atoms with Gasteiger partial charge in [0.05, 0.1) is 0 Å². The molecular formula is C15H21N3O. The molecule has 0 spiro atoms. The molecule has 2 N–H and O–H groups in total. The number of oxazole rings is 1. The van der Waals surface area contributed by atoms with Crippen LogP contribution in [0.2, 0.25) is 0 Å². The Balaban J connectivity index is 1.90. The van der Waals surface area contributed by atoms with Crippen molar-refractivity contribution in [3.63, 3.8) is 0 Å². The number of nitrogens with two attached hydrogens (primary N) is 1. The van der Waals surface area contributed by atoms with E-state index in [0.717, 1.165) is 16.8 Å². The summed E-state index contributed by atoms with van der Waals surface area (Å²) < 4.78 is 5.85. The number of nitrogen functional groups attached to an aromatic ring is 1. The van der Waals surface area contributed by atoms with Crippen LogP contribution in [0.4, 0.5) is 11.7 Å². The summed E-state index contributed by atoms with van der Waals surface area (Å²) in [7, 11) is 2.08. The maximum atomic E-state index is 5.85. The summed E-state index contributed by atoms with van der Waals surface area (Å²) >= 11 is 0. The number of hydrogen-bond donors (Lipinski definition) is 1. The number of fused-ring (bicyclic) bond motifs is 1. The van der Waals surface area contributed by atoms with E-state index in [1.54, 1.807) is 0 Å². The van der Waals surface area contributed by atoms with E-state index in [0.29, 0.717) is 18.0 Å². The first-order valence-electron chi connectivity index (χ1n) is 7.04. The van der Waals surface area contributed by atoms with Crippen LogP contribution in [-0.2, 0) is 0 Å². The quantitative estimate of drug-likeness (QED) is 0.839. The molecule has 2 atom stereocenters. The van der Waals surface area contributed by atoms with Crippen molar-refractivity contribution in [2.24, 2.45) is 5.92 Å². The Morgan fingerprint density at radius 1 is 1.32 bits per heavy atom. The zero-order valence-corrected chi connectivity index (χ0v) is 11.6. The Morgan fingerprint density at radius 2 is 2.11 bits per heavy atom. The molecular weight excluding hydrogens is 238 g/mol. The minimum atomic E-state index is 0.527. The van der Waals surface area contributed by atoms with Gasteiger partial charge in [-0.25, -0.2) is 0 Å². The lowest BCUT2D eigenvalue weighted by atomic mass is 9.85. The van der Waals surface area contributed by atoms with Crippen molar-refractivity contribution in [2.45, 2.75) is 38.6 Å². The minimum absolute atomic E-state index is 0.527. The molecule has 0 aliphatic heterocycles. The zero-order chi connectivity index (χ0) is 13.4. The minimum Gasteiger partial charge on any atom is -0.423 e. The first-order chi connectivity index (χ1) is 9.15. The summed E-state index contributed by atoms with van der Waals surface area (Å²) in [5.41, 5.74) is 8.15. The van der Waals surface area contributed by atoms with E-state index in [-0.39, 0.29) is 0 Å². The van der Waals surface area contributed by atoms with Gasteiger partial charge < -0.3 is 15.1 Å². The summed E-state index contributed by atoms with van der Waals surface area (Å²) in [6.07, 6.45) is 5.16. The van der Waals surface area contributed by atoms with E-state index < -0.39 is 0 Å². The van der Waals surface area contributed by atoms with E-state index in [1.807, 2.05) is 18.2 Å². The third kappa shape index (κ3) is 2.27. The topological polar surface area (TPSA) is 55.3 Å². The van der Waals surface area contributed by atoms with Gasteiger partial charge in [-0.05, 0) is 37.0 Å². The van der Waals surface area contributed by atoms with Crippen LogP contribution in [0, 0.1) is 5.92 Å². The fourth-order valence-electron chi connectivity index (χ4n) is 3.10. The van der Waals surface area contributed by atoms with Crippen LogP contribution in [-0.4, -0.2) is 18.1 Å². The van der Waals surface area contributed by atoms with Gasteiger partial charge in [-0.3, -0.25) is 0 Å². The molecule has 19 heavy (non-hydrogen) atoms. The second-order valence-corrected chi connectivity index (χ2v) is 5.66. The second kappa shape index (κ2) is 4.76. The van der Waals surface area contributed by atoms with Crippen LogP contribution >= 0.6 is 0 Å². The molecule has 0 amide bonds. The molecule has 102 valence electrons. The molecule has 4 nitrogen and oxygen atoms in total. The van der Waals surface area contributed by atoms with Crippen LogP contribution in [0.1, 0.15) is 32.6 Å². The number of nitrogens with zero attached hydrogens (tertiary/aromatic N) is 2. The highest BCUT2D eigenvalue weighted by Crippen LogP contribution is 2.31. The van der Waals surface area contributed by atoms with Crippen molar-refractivity contribution in [2.75, 3.05) is 17.7 Å². The van der Waals surface area contributed by atoms with Crippen LogP contribution in [0.5, 0.6) is 0 Å². The average Bonchev–Trinajstić information content (AvgIpc) is 2.81. The predicted molar refractivity (Wildman–Crippen MR) is 78.2 cm³/mol. The lowest BCUT2D eigenvalue weighted by Gasteiger charge is -2.35. The van der Waals surface area contributed by atoms with E-state index in [2.05, 4.69) is 23.9 Å². The summed E-state index contributed by atoms with van der Waals surface area (Å²) in [6, 6.07) is 6.83. The van der Waals surface area contributed by atoms with E-state index in [1.165, 1.54) is 25.7 Å². The first kappa shape index (κ1) is 12.3. The number of hydrogen-bond acceptors (Lipinski definition) is 4. The van der Waals surface area contributed by atoms with Crippen LogP contribution in [0.15, 0.2) is 22.6 Å². The molecule has 1 heterocycles. The predicted octanol–water partition coefficient (Wildman–Crippen LogP) is 3.42. The van der Waals surface area contributed by atoms with E-state index in [4.69, 9.17) is 10.2 Å².